The predicted molar refractivity (Wildman–Crippen MR) is 103 cm³/mol. The molecule has 4 aromatic rings. The van der Waals surface area contributed by atoms with Crippen molar-refractivity contribution in [3.05, 3.63) is 77.6 Å². The van der Waals surface area contributed by atoms with Crippen LogP contribution in [0.3, 0.4) is 0 Å². The maximum atomic E-state index is 12.5. The summed E-state index contributed by atoms with van der Waals surface area (Å²) in [5.74, 6) is 0.406. The highest BCUT2D eigenvalue weighted by atomic mass is 16.1. The van der Waals surface area contributed by atoms with Crippen LogP contribution >= 0.6 is 0 Å². The van der Waals surface area contributed by atoms with Gasteiger partial charge in [0.15, 0.2) is 0 Å². The smallest absolute Gasteiger partial charge is 0.274 e. The number of nitriles is 1. The number of para-hydroxylation sites is 2. The number of hydrogen-bond acceptors (Lipinski definition) is 4. The van der Waals surface area contributed by atoms with Gasteiger partial charge in [-0.15, -0.1) is 0 Å². The van der Waals surface area contributed by atoms with Gasteiger partial charge in [0.05, 0.1) is 22.3 Å². The van der Waals surface area contributed by atoms with Gasteiger partial charge in [-0.1, -0.05) is 24.3 Å². The van der Waals surface area contributed by atoms with E-state index in [0.29, 0.717) is 16.9 Å². The van der Waals surface area contributed by atoms with Crippen LogP contribution < -0.4 is 5.32 Å². The van der Waals surface area contributed by atoms with Gasteiger partial charge in [0.2, 0.25) is 0 Å². The highest BCUT2D eigenvalue weighted by molar-refractivity contribution is 6.03. The largest absolute Gasteiger partial charge is 0.338 e. The van der Waals surface area contributed by atoms with E-state index in [2.05, 4.69) is 20.3 Å². The number of carbonyl (C=O) groups is 1. The number of aromatic nitrogens is 3. The molecule has 0 aliphatic carbocycles. The van der Waals surface area contributed by atoms with Gasteiger partial charge in [0, 0.05) is 11.3 Å². The van der Waals surface area contributed by atoms with Crippen molar-refractivity contribution in [2.45, 2.75) is 6.92 Å². The standard InChI is InChI=1S/C21H15N5O/c1-13-15(12-22)9-10-19(23-13)21(27)24-16-6-4-5-14(11-16)20-25-17-7-2-3-8-18(17)26-20/h2-11H,1H3,(H,24,27)(H,25,26). The third kappa shape index (κ3) is 3.26. The maximum Gasteiger partial charge on any atom is 0.274 e. The Balaban J connectivity index is 1.60. The molecular weight excluding hydrogens is 338 g/mol. The Hall–Kier alpha value is -3.98. The molecule has 0 unspecified atom stereocenters. The lowest BCUT2D eigenvalue weighted by Crippen LogP contribution is -2.14. The fourth-order valence-electron chi connectivity index (χ4n) is 2.83. The molecule has 2 N–H and O–H groups in total. The van der Waals surface area contributed by atoms with Gasteiger partial charge in [0.1, 0.15) is 17.6 Å². The van der Waals surface area contributed by atoms with Crippen LogP contribution in [0.25, 0.3) is 22.4 Å². The van der Waals surface area contributed by atoms with Crippen LogP contribution in [0.1, 0.15) is 21.7 Å². The molecule has 130 valence electrons. The van der Waals surface area contributed by atoms with Crippen LogP contribution in [0.4, 0.5) is 5.69 Å². The first-order valence-corrected chi connectivity index (χ1v) is 8.38. The van der Waals surface area contributed by atoms with Crippen LogP contribution in [-0.4, -0.2) is 20.9 Å². The van der Waals surface area contributed by atoms with E-state index in [4.69, 9.17) is 5.26 Å². The average Bonchev–Trinajstić information content (AvgIpc) is 3.12. The van der Waals surface area contributed by atoms with Gasteiger partial charge in [-0.25, -0.2) is 9.97 Å². The van der Waals surface area contributed by atoms with Gasteiger partial charge < -0.3 is 10.3 Å². The summed E-state index contributed by atoms with van der Waals surface area (Å²) in [6.45, 7) is 1.71. The number of aryl methyl sites for hydroxylation is 1. The van der Waals surface area contributed by atoms with Crippen LogP contribution in [0.15, 0.2) is 60.7 Å². The van der Waals surface area contributed by atoms with Crippen LogP contribution in [0.5, 0.6) is 0 Å². The Kier molecular flexibility index (Phi) is 4.11. The monoisotopic (exact) mass is 353 g/mol. The summed E-state index contributed by atoms with van der Waals surface area (Å²) in [6.07, 6.45) is 0. The highest BCUT2D eigenvalue weighted by Crippen LogP contribution is 2.23. The number of H-pyrrole nitrogens is 1. The third-order valence-corrected chi connectivity index (χ3v) is 4.22. The minimum atomic E-state index is -0.329. The number of aromatic amines is 1. The minimum Gasteiger partial charge on any atom is -0.338 e. The summed E-state index contributed by atoms with van der Waals surface area (Å²) in [6, 6.07) is 20.4. The zero-order valence-corrected chi connectivity index (χ0v) is 14.5. The molecule has 0 fully saturated rings. The van der Waals surface area contributed by atoms with Crippen LogP contribution in [0, 0.1) is 18.3 Å². The zero-order valence-electron chi connectivity index (χ0n) is 14.5. The molecule has 0 bridgehead atoms. The lowest BCUT2D eigenvalue weighted by Gasteiger charge is -2.07. The lowest BCUT2D eigenvalue weighted by molar-refractivity contribution is 0.102. The molecule has 0 radical (unpaired) electrons. The van der Waals surface area contributed by atoms with Crippen molar-refractivity contribution in [3.63, 3.8) is 0 Å². The molecule has 2 aromatic carbocycles. The Labute approximate surface area is 155 Å². The molecule has 2 aromatic heterocycles. The second-order valence-corrected chi connectivity index (χ2v) is 6.08. The fourth-order valence-corrected chi connectivity index (χ4v) is 2.83. The highest BCUT2D eigenvalue weighted by Gasteiger charge is 2.11. The van der Waals surface area contributed by atoms with Gasteiger partial charge in [-0.3, -0.25) is 4.79 Å². The summed E-state index contributed by atoms with van der Waals surface area (Å²) >= 11 is 0. The number of benzene rings is 2. The summed E-state index contributed by atoms with van der Waals surface area (Å²) in [5, 5.41) is 11.8. The van der Waals surface area contributed by atoms with Crippen LogP contribution in [-0.2, 0) is 0 Å². The second kappa shape index (κ2) is 6.73. The molecule has 0 saturated carbocycles. The topological polar surface area (TPSA) is 94.5 Å². The van der Waals surface area contributed by atoms with Crippen molar-refractivity contribution in [2.24, 2.45) is 0 Å². The first-order chi connectivity index (χ1) is 13.1. The van der Waals surface area contributed by atoms with Crippen molar-refractivity contribution in [1.29, 1.82) is 5.26 Å². The normalized spacial score (nSPS) is 10.5. The summed E-state index contributed by atoms with van der Waals surface area (Å²) in [4.78, 5) is 24.5. The molecule has 6 nitrogen and oxygen atoms in total. The molecule has 0 aliphatic heterocycles. The van der Waals surface area contributed by atoms with Gasteiger partial charge in [-0.05, 0) is 43.3 Å². The van der Waals surface area contributed by atoms with E-state index >= 15 is 0 Å². The second-order valence-electron chi connectivity index (χ2n) is 6.08. The molecule has 0 saturated heterocycles. The first kappa shape index (κ1) is 16.5. The molecule has 1 amide bonds. The third-order valence-electron chi connectivity index (χ3n) is 4.22. The quantitative estimate of drug-likeness (QED) is 0.581. The van der Waals surface area contributed by atoms with Crippen molar-refractivity contribution in [3.8, 4) is 17.5 Å². The summed E-state index contributed by atoms with van der Waals surface area (Å²) < 4.78 is 0. The van der Waals surface area contributed by atoms with E-state index in [-0.39, 0.29) is 11.6 Å². The van der Waals surface area contributed by atoms with E-state index in [1.807, 2.05) is 48.5 Å². The summed E-state index contributed by atoms with van der Waals surface area (Å²) in [5.41, 5.74) is 4.60. The Morgan fingerprint density at radius 3 is 2.70 bits per heavy atom. The predicted octanol–water partition coefficient (Wildman–Crippen LogP) is 4.06. The maximum absolute atomic E-state index is 12.5. The fraction of sp³-hybridized carbons (Fsp3) is 0.0476. The number of anilines is 1. The number of amides is 1. The Morgan fingerprint density at radius 1 is 1.07 bits per heavy atom. The van der Waals surface area contributed by atoms with E-state index in [9.17, 15) is 4.79 Å². The number of imidazole rings is 1. The average molecular weight is 353 g/mol. The van der Waals surface area contributed by atoms with E-state index in [0.717, 1.165) is 22.4 Å². The molecule has 0 atom stereocenters. The number of pyridine rings is 1. The van der Waals surface area contributed by atoms with E-state index < -0.39 is 0 Å². The molecule has 0 aliphatic rings. The van der Waals surface area contributed by atoms with Crippen molar-refractivity contribution < 1.29 is 4.79 Å². The number of carbonyl (C=O) groups excluding carboxylic acids is 1. The summed E-state index contributed by atoms with van der Waals surface area (Å²) in [7, 11) is 0. The first-order valence-electron chi connectivity index (χ1n) is 8.38. The molecule has 4 rings (SSSR count). The molecular formula is C21H15N5O. The van der Waals surface area contributed by atoms with Crippen LogP contribution in [0.2, 0.25) is 0 Å². The molecule has 27 heavy (non-hydrogen) atoms. The van der Waals surface area contributed by atoms with Crippen molar-refractivity contribution in [2.75, 3.05) is 5.32 Å². The van der Waals surface area contributed by atoms with Gasteiger partial charge in [0.25, 0.3) is 5.91 Å². The molecule has 0 spiro atoms. The Bertz CT molecular complexity index is 1170. The lowest BCUT2D eigenvalue weighted by atomic mass is 10.1. The zero-order chi connectivity index (χ0) is 18.8. The van der Waals surface area contributed by atoms with Gasteiger partial charge in [-0.2, -0.15) is 5.26 Å². The van der Waals surface area contributed by atoms with E-state index in [1.165, 1.54) is 0 Å². The number of fused-ring (bicyclic) bond motifs is 1. The van der Waals surface area contributed by atoms with Crippen molar-refractivity contribution >= 4 is 22.6 Å². The minimum absolute atomic E-state index is 0.264. The van der Waals surface area contributed by atoms with E-state index in [1.54, 1.807) is 25.1 Å². The number of nitrogens with zero attached hydrogens (tertiary/aromatic N) is 3. The SMILES string of the molecule is Cc1nc(C(=O)Nc2cccc(-c3nc4ccccc4[nH]3)c2)ccc1C#N. The van der Waals surface area contributed by atoms with Crippen molar-refractivity contribution in [1.82, 2.24) is 15.0 Å². The Morgan fingerprint density at radius 2 is 1.93 bits per heavy atom. The number of hydrogen-bond donors (Lipinski definition) is 2. The molecule has 2 heterocycles. The molecule has 6 heteroatoms. The number of rotatable bonds is 3. The van der Waals surface area contributed by atoms with Gasteiger partial charge >= 0.3 is 0 Å². The number of nitrogens with one attached hydrogen (secondary N) is 2.